The molecular weight excluding hydrogens is 180 g/mol. The average Bonchev–Trinajstić information content (AvgIpc) is 2.21. The Labute approximate surface area is 84.0 Å². The van der Waals surface area contributed by atoms with E-state index >= 15 is 0 Å². The normalized spacial score (nSPS) is 10.1. The minimum atomic E-state index is 0.272. The Kier molecular flexibility index (Phi) is 4.96. The minimum Gasteiger partial charge on any atom is -0.466 e. The first-order valence-corrected chi connectivity index (χ1v) is 4.72. The Morgan fingerprint density at radius 1 is 1.43 bits per heavy atom. The summed E-state index contributed by atoms with van der Waals surface area (Å²) in [4.78, 5) is 4.19. The molecule has 0 saturated carbocycles. The van der Waals surface area contributed by atoms with Gasteiger partial charge >= 0.3 is 0 Å². The lowest BCUT2D eigenvalue weighted by Gasteiger charge is -2.05. The van der Waals surface area contributed by atoms with Crippen molar-refractivity contribution in [2.45, 2.75) is 13.3 Å². The summed E-state index contributed by atoms with van der Waals surface area (Å²) < 4.78 is 10.3. The average molecular weight is 196 g/mol. The summed E-state index contributed by atoms with van der Waals surface area (Å²) in [6.07, 6.45) is 2.48. The van der Waals surface area contributed by atoms with Crippen LogP contribution in [0.1, 0.15) is 12.6 Å². The van der Waals surface area contributed by atoms with Crippen molar-refractivity contribution in [2.75, 3.05) is 19.9 Å². The molecule has 0 atom stereocenters. The molecule has 14 heavy (non-hydrogen) atoms. The van der Waals surface area contributed by atoms with Gasteiger partial charge in [0.2, 0.25) is 0 Å². The van der Waals surface area contributed by atoms with E-state index in [1.165, 1.54) is 0 Å². The van der Waals surface area contributed by atoms with E-state index in [4.69, 9.17) is 15.2 Å². The van der Waals surface area contributed by atoms with Gasteiger partial charge < -0.3 is 15.2 Å². The highest BCUT2D eigenvalue weighted by Gasteiger charge is 1.95. The number of ether oxygens (including phenoxy) is 2. The zero-order valence-electron chi connectivity index (χ0n) is 8.40. The van der Waals surface area contributed by atoms with Crippen LogP contribution in [0.3, 0.4) is 0 Å². The molecule has 0 fully saturated rings. The standard InChI is InChI=1S/C10H16N2O2/c1-2-13-8-14-10-4-3-9(5-6-11)12-7-10/h3-4,7H,2,5-6,8,11H2,1H3. The Morgan fingerprint density at radius 2 is 2.29 bits per heavy atom. The van der Waals surface area contributed by atoms with Gasteiger partial charge in [-0.3, -0.25) is 4.98 Å². The molecule has 1 heterocycles. The summed E-state index contributed by atoms with van der Waals surface area (Å²) in [6.45, 7) is 3.46. The molecule has 0 aliphatic heterocycles. The first kappa shape index (κ1) is 10.9. The van der Waals surface area contributed by atoms with Crippen LogP contribution in [-0.4, -0.2) is 24.9 Å². The highest BCUT2D eigenvalue weighted by atomic mass is 16.7. The largest absolute Gasteiger partial charge is 0.466 e. The number of hydrogen-bond acceptors (Lipinski definition) is 4. The van der Waals surface area contributed by atoms with Crippen molar-refractivity contribution in [3.05, 3.63) is 24.0 Å². The van der Waals surface area contributed by atoms with Gasteiger partial charge in [0.25, 0.3) is 0 Å². The maximum Gasteiger partial charge on any atom is 0.189 e. The van der Waals surface area contributed by atoms with Crippen molar-refractivity contribution in [1.29, 1.82) is 0 Å². The zero-order valence-corrected chi connectivity index (χ0v) is 8.40. The number of aromatic nitrogens is 1. The van der Waals surface area contributed by atoms with Gasteiger partial charge in [0.05, 0.1) is 6.20 Å². The summed E-state index contributed by atoms with van der Waals surface area (Å²) in [5.41, 5.74) is 6.39. The molecule has 0 spiro atoms. The molecule has 0 aliphatic carbocycles. The lowest BCUT2D eigenvalue weighted by Crippen LogP contribution is -2.05. The minimum absolute atomic E-state index is 0.272. The second kappa shape index (κ2) is 6.34. The van der Waals surface area contributed by atoms with Gasteiger partial charge in [-0.1, -0.05) is 0 Å². The van der Waals surface area contributed by atoms with E-state index in [2.05, 4.69) is 4.98 Å². The van der Waals surface area contributed by atoms with Crippen LogP contribution < -0.4 is 10.5 Å². The molecule has 0 amide bonds. The van der Waals surface area contributed by atoms with Crippen LogP contribution in [0, 0.1) is 0 Å². The van der Waals surface area contributed by atoms with E-state index in [0.717, 1.165) is 17.9 Å². The molecule has 1 aromatic rings. The first-order chi connectivity index (χ1) is 6.86. The molecule has 0 bridgehead atoms. The summed E-state index contributed by atoms with van der Waals surface area (Å²) >= 11 is 0. The third-order valence-corrected chi connectivity index (χ3v) is 1.71. The summed E-state index contributed by atoms with van der Waals surface area (Å²) in [5.74, 6) is 0.722. The smallest absolute Gasteiger partial charge is 0.189 e. The number of nitrogens with zero attached hydrogens (tertiary/aromatic N) is 1. The molecule has 4 heteroatoms. The Hall–Kier alpha value is -1.13. The third-order valence-electron chi connectivity index (χ3n) is 1.71. The third kappa shape index (κ3) is 3.72. The van der Waals surface area contributed by atoms with Crippen LogP contribution in [0.4, 0.5) is 0 Å². The Morgan fingerprint density at radius 3 is 2.86 bits per heavy atom. The summed E-state index contributed by atoms with van der Waals surface area (Å²) in [7, 11) is 0. The molecule has 78 valence electrons. The molecule has 0 radical (unpaired) electrons. The van der Waals surface area contributed by atoms with Crippen molar-refractivity contribution in [2.24, 2.45) is 5.73 Å². The van der Waals surface area contributed by atoms with Gasteiger partial charge in [-0.2, -0.15) is 0 Å². The SMILES string of the molecule is CCOCOc1ccc(CCN)nc1. The molecule has 0 aromatic carbocycles. The predicted molar refractivity (Wildman–Crippen MR) is 54.1 cm³/mol. The Bertz CT molecular complexity index is 249. The zero-order chi connectivity index (χ0) is 10.2. The highest BCUT2D eigenvalue weighted by Crippen LogP contribution is 2.08. The van der Waals surface area contributed by atoms with Crippen LogP contribution in [0.5, 0.6) is 5.75 Å². The molecule has 2 N–H and O–H groups in total. The van der Waals surface area contributed by atoms with E-state index in [0.29, 0.717) is 13.2 Å². The van der Waals surface area contributed by atoms with Crippen molar-refractivity contribution >= 4 is 0 Å². The quantitative estimate of drug-likeness (QED) is 0.543. The number of pyridine rings is 1. The van der Waals surface area contributed by atoms with Gasteiger partial charge in [0, 0.05) is 18.7 Å². The fourth-order valence-electron chi connectivity index (χ4n) is 0.985. The fraction of sp³-hybridized carbons (Fsp3) is 0.500. The number of nitrogens with two attached hydrogens (primary N) is 1. The number of rotatable bonds is 6. The van der Waals surface area contributed by atoms with E-state index < -0.39 is 0 Å². The van der Waals surface area contributed by atoms with E-state index in [1.54, 1.807) is 6.20 Å². The summed E-state index contributed by atoms with van der Waals surface area (Å²) in [6, 6.07) is 3.78. The van der Waals surface area contributed by atoms with Crippen molar-refractivity contribution in [3.8, 4) is 5.75 Å². The number of hydrogen-bond donors (Lipinski definition) is 1. The second-order valence-corrected chi connectivity index (χ2v) is 2.78. The van der Waals surface area contributed by atoms with Crippen molar-refractivity contribution in [1.82, 2.24) is 4.98 Å². The van der Waals surface area contributed by atoms with Crippen molar-refractivity contribution < 1.29 is 9.47 Å². The molecule has 1 aromatic heterocycles. The molecule has 0 unspecified atom stereocenters. The van der Waals surface area contributed by atoms with Gasteiger partial charge in [-0.25, -0.2) is 0 Å². The van der Waals surface area contributed by atoms with Crippen molar-refractivity contribution in [3.63, 3.8) is 0 Å². The van der Waals surface area contributed by atoms with Crippen LogP contribution in [0.25, 0.3) is 0 Å². The van der Waals surface area contributed by atoms with Gasteiger partial charge in [0.15, 0.2) is 6.79 Å². The van der Waals surface area contributed by atoms with Crippen LogP contribution in [0.15, 0.2) is 18.3 Å². The molecule has 0 aliphatic rings. The fourth-order valence-corrected chi connectivity index (χ4v) is 0.985. The molecule has 4 nitrogen and oxygen atoms in total. The van der Waals surface area contributed by atoms with E-state index in [9.17, 15) is 0 Å². The van der Waals surface area contributed by atoms with E-state index in [1.807, 2.05) is 19.1 Å². The van der Waals surface area contributed by atoms with Crippen LogP contribution in [0.2, 0.25) is 0 Å². The maximum absolute atomic E-state index is 5.41. The molecule has 0 saturated heterocycles. The molecular formula is C10H16N2O2. The summed E-state index contributed by atoms with van der Waals surface area (Å²) in [5, 5.41) is 0. The van der Waals surface area contributed by atoms with Gasteiger partial charge in [-0.05, 0) is 25.6 Å². The van der Waals surface area contributed by atoms with Crippen LogP contribution in [-0.2, 0) is 11.2 Å². The van der Waals surface area contributed by atoms with Gasteiger partial charge in [0.1, 0.15) is 5.75 Å². The monoisotopic (exact) mass is 196 g/mol. The Balaban J connectivity index is 2.38. The first-order valence-electron chi connectivity index (χ1n) is 4.72. The molecule has 1 rings (SSSR count). The maximum atomic E-state index is 5.41. The van der Waals surface area contributed by atoms with E-state index in [-0.39, 0.29) is 6.79 Å². The lowest BCUT2D eigenvalue weighted by atomic mass is 10.3. The highest BCUT2D eigenvalue weighted by molar-refractivity contribution is 5.19. The van der Waals surface area contributed by atoms with Crippen LogP contribution >= 0.6 is 0 Å². The predicted octanol–water partition coefficient (Wildman–Crippen LogP) is 0.956. The second-order valence-electron chi connectivity index (χ2n) is 2.78. The van der Waals surface area contributed by atoms with Gasteiger partial charge in [-0.15, -0.1) is 0 Å². The lowest BCUT2D eigenvalue weighted by molar-refractivity contribution is 0.0222. The topological polar surface area (TPSA) is 57.4 Å².